The van der Waals surface area contributed by atoms with Crippen LogP contribution in [-0.4, -0.2) is 27.7 Å². The van der Waals surface area contributed by atoms with E-state index in [4.69, 9.17) is 0 Å². The van der Waals surface area contributed by atoms with Gasteiger partial charge in [0.15, 0.2) is 11.6 Å². The van der Waals surface area contributed by atoms with Crippen molar-refractivity contribution in [2.24, 2.45) is 5.92 Å². The van der Waals surface area contributed by atoms with Crippen molar-refractivity contribution in [3.8, 4) is 11.5 Å². The zero-order chi connectivity index (χ0) is 25.2. The van der Waals surface area contributed by atoms with Crippen molar-refractivity contribution in [1.82, 2.24) is 5.32 Å². The van der Waals surface area contributed by atoms with Gasteiger partial charge in [-0.1, -0.05) is 73.3 Å². The molecule has 0 aliphatic heterocycles. The summed E-state index contributed by atoms with van der Waals surface area (Å²) in [6, 6.07) is 20.4. The Morgan fingerprint density at radius 3 is 1.71 bits per heavy atom. The Labute approximate surface area is 203 Å². The van der Waals surface area contributed by atoms with Gasteiger partial charge in [0.2, 0.25) is 5.91 Å². The number of benzene rings is 3. The molecule has 0 aromatic heterocycles. The largest absolute Gasteiger partial charge is 0.508 e. The molecule has 6 heteroatoms. The molecule has 3 aromatic carbocycles. The summed E-state index contributed by atoms with van der Waals surface area (Å²) >= 11 is 0. The minimum absolute atomic E-state index is 0.0432. The van der Waals surface area contributed by atoms with E-state index in [0.717, 1.165) is 6.08 Å². The van der Waals surface area contributed by atoms with E-state index in [9.17, 15) is 24.6 Å². The third kappa shape index (κ3) is 7.14. The smallest absolute Gasteiger partial charge is 0.243 e. The lowest BCUT2D eigenvalue weighted by atomic mass is 9.85. The molecule has 35 heavy (non-hydrogen) atoms. The molecule has 0 saturated heterocycles. The number of hydrogen-bond donors (Lipinski definition) is 3. The first kappa shape index (κ1) is 24.9. The topological polar surface area (TPSA) is 104 Å². The Morgan fingerprint density at radius 2 is 1.26 bits per heavy atom. The van der Waals surface area contributed by atoms with Crippen molar-refractivity contribution in [2.45, 2.75) is 6.04 Å². The standard InChI is InChI=1S/C29H25NO5/c1-2-27(35)30-29(22-10-4-3-5-11-22)28(25(33)16-14-20-8-6-12-23(31)18-20)26(34)17-15-21-9-7-13-24(32)19-21/h2-19,28-29,31-32H,1H2,(H,30,35)/b16-14+,17-15+. The van der Waals surface area contributed by atoms with Gasteiger partial charge in [-0.25, -0.2) is 0 Å². The average Bonchev–Trinajstić information content (AvgIpc) is 2.86. The van der Waals surface area contributed by atoms with Crippen molar-refractivity contribution < 1.29 is 24.6 Å². The van der Waals surface area contributed by atoms with E-state index in [1.807, 2.05) is 0 Å². The summed E-state index contributed by atoms with van der Waals surface area (Å²) in [6.07, 6.45) is 6.59. The summed E-state index contributed by atoms with van der Waals surface area (Å²) in [4.78, 5) is 39.0. The van der Waals surface area contributed by atoms with Crippen LogP contribution in [-0.2, 0) is 14.4 Å². The van der Waals surface area contributed by atoms with Crippen LogP contribution in [0.2, 0.25) is 0 Å². The summed E-state index contributed by atoms with van der Waals surface area (Å²) in [7, 11) is 0. The zero-order valence-corrected chi connectivity index (χ0v) is 18.9. The molecule has 6 nitrogen and oxygen atoms in total. The van der Waals surface area contributed by atoms with Crippen LogP contribution in [0.3, 0.4) is 0 Å². The molecule has 0 fully saturated rings. The first-order valence-electron chi connectivity index (χ1n) is 10.9. The Balaban J connectivity index is 2.01. The van der Waals surface area contributed by atoms with Crippen molar-refractivity contribution in [3.63, 3.8) is 0 Å². The van der Waals surface area contributed by atoms with Crippen LogP contribution in [0.25, 0.3) is 12.2 Å². The fourth-order valence-corrected chi connectivity index (χ4v) is 3.52. The van der Waals surface area contributed by atoms with E-state index >= 15 is 0 Å². The molecule has 0 aliphatic carbocycles. The molecular weight excluding hydrogens is 442 g/mol. The van der Waals surface area contributed by atoms with Crippen molar-refractivity contribution in [2.75, 3.05) is 0 Å². The fraction of sp³-hybridized carbons (Fsp3) is 0.0690. The third-order valence-corrected chi connectivity index (χ3v) is 5.21. The highest BCUT2D eigenvalue weighted by Gasteiger charge is 2.34. The van der Waals surface area contributed by atoms with Crippen molar-refractivity contribution >= 4 is 29.6 Å². The number of carbonyl (C=O) groups is 3. The molecule has 0 saturated carbocycles. The molecule has 1 atom stereocenters. The molecule has 0 radical (unpaired) electrons. The van der Waals surface area contributed by atoms with Crippen molar-refractivity contribution in [3.05, 3.63) is 120 Å². The number of ketones is 2. The van der Waals surface area contributed by atoms with Gasteiger partial charge in [0.1, 0.15) is 17.4 Å². The summed E-state index contributed by atoms with van der Waals surface area (Å²) in [6.45, 7) is 3.47. The van der Waals surface area contributed by atoms with E-state index in [1.54, 1.807) is 54.6 Å². The Hall–Kier alpha value is -4.71. The number of hydrogen-bond acceptors (Lipinski definition) is 5. The lowest BCUT2D eigenvalue weighted by molar-refractivity contribution is -0.129. The van der Waals surface area contributed by atoms with E-state index < -0.39 is 29.4 Å². The number of rotatable bonds is 10. The second-order valence-corrected chi connectivity index (χ2v) is 7.74. The molecule has 0 aliphatic rings. The van der Waals surface area contributed by atoms with Gasteiger partial charge in [-0.15, -0.1) is 0 Å². The average molecular weight is 468 g/mol. The summed E-state index contributed by atoms with van der Waals surface area (Å²) in [5.41, 5.74) is 1.73. The number of aromatic hydroxyl groups is 2. The van der Waals surface area contributed by atoms with E-state index in [1.165, 1.54) is 48.6 Å². The molecule has 176 valence electrons. The first-order valence-corrected chi connectivity index (χ1v) is 10.9. The second-order valence-electron chi connectivity index (χ2n) is 7.74. The highest BCUT2D eigenvalue weighted by atomic mass is 16.3. The van der Waals surface area contributed by atoms with Crippen LogP contribution in [0, 0.1) is 5.92 Å². The normalized spacial score (nSPS) is 12.0. The van der Waals surface area contributed by atoms with E-state index in [0.29, 0.717) is 16.7 Å². The molecule has 3 aromatic rings. The maximum Gasteiger partial charge on any atom is 0.243 e. The minimum Gasteiger partial charge on any atom is -0.508 e. The van der Waals surface area contributed by atoms with Gasteiger partial charge in [-0.2, -0.15) is 0 Å². The summed E-state index contributed by atoms with van der Waals surface area (Å²) < 4.78 is 0. The molecule has 0 heterocycles. The quantitative estimate of drug-likeness (QED) is 0.298. The lowest BCUT2D eigenvalue weighted by Crippen LogP contribution is -2.39. The molecule has 0 bridgehead atoms. The van der Waals surface area contributed by atoms with Crippen LogP contribution in [0.1, 0.15) is 22.7 Å². The van der Waals surface area contributed by atoms with Gasteiger partial charge in [0, 0.05) is 0 Å². The van der Waals surface area contributed by atoms with Gasteiger partial charge in [0.05, 0.1) is 6.04 Å². The Morgan fingerprint density at radius 1 is 0.743 bits per heavy atom. The number of allylic oxidation sites excluding steroid dienone is 2. The van der Waals surface area contributed by atoms with Crippen LogP contribution in [0.5, 0.6) is 11.5 Å². The molecule has 0 spiro atoms. The number of amides is 1. The van der Waals surface area contributed by atoms with Crippen LogP contribution >= 0.6 is 0 Å². The van der Waals surface area contributed by atoms with Gasteiger partial charge >= 0.3 is 0 Å². The highest BCUT2D eigenvalue weighted by Crippen LogP contribution is 2.26. The summed E-state index contributed by atoms with van der Waals surface area (Å²) in [5.74, 6) is -2.78. The fourth-order valence-electron chi connectivity index (χ4n) is 3.52. The lowest BCUT2D eigenvalue weighted by Gasteiger charge is -2.25. The van der Waals surface area contributed by atoms with Crippen LogP contribution in [0.15, 0.2) is 104 Å². The van der Waals surface area contributed by atoms with Crippen molar-refractivity contribution in [1.29, 1.82) is 0 Å². The number of phenolic OH excluding ortho intramolecular Hbond substituents is 2. The van der Waals surface area contributed by atoms with Gasteiger partial charge in [-0.05, 0) is 59.2 Å². The van der Waals surface area contributed by atoms with E-state index in [2.05, 4.69) is 11.9 Å². The minimum atomic E-state index is -1.27. The molecular formula is C29H25NO5. The van der Waals surface area contributed by atoms with E-state index in [-0.39, 0.29) is 11.5 Å². The maximum absolute atomic E-state index is 13.4. The SMILES string of the molecule is C=CC(=O)NC(c1ccccc1)C(C(=O)/C=C/c1cccc(O)c1)C(=O)/C=C/c1cccc(O)c1. The Bertz CT molecular complexity index is 1210. The predicted octanol–water partition coefficient (Wildman–Crippen LogP) is 4.62. The van der Waals surface area contributed by atoms with Crippen LogP contribution < -0.4 is 5.32 Å². The zero-order valence-electron chi connectivity index (χ0n) is 18.9. The maximum atomic E-state index is 13.4. The summed E-state index contributed by atoms with van der Waals surface area (Å²) in [5, 5.41) is 22.1. The monoisotopic (exact) mass is 467 g/mol. The third-order valence-electron chi connectivity index (χ3n) is 5.21. The van der Waals surface area contributed by atoms with Gasteiger partial charge in [0.25, 0.3) is 0 Å². The number of nitrogens with one attached hydrogen (secondary N) is 1. The number of phenols is 2. The molecule has 1 unspecified atom stereocenters. The molecule has 3 N–H and O–H groups in total. The number of carbonyl (C=O) groups excluding carboxylic acids is 3. The predicted molar refractivity (Wildman–Crippen MR) is 135 cm³/mol. The highest BCUT2D eigenvalue weighted by molar-refractivity contribution is 6.14. The molecule has 3 rings (SSSR count). The first-order chi connectivity index (χ1) is 16.9. The van der Waals surface area contributed by atoms with Crippen LogP contribution in [0.4, 0.5) is 0 Å². The van der Waals surface area contributed by atoms with Gasteiger partial charge in [-0.3, -0.25) is 14.4 Å². The van der Waals surface area contributed by atoms with Gasteiger partial charge < -0.3 is 15.5 Å². The Kier molecular flexibility index (Phi) is 8.51. The second kappa shape index (κ2) is 12.0. The molecule has 1 amide bonds.